The van der Waals surface area contributed by atoms with Gasteiger partial charge in [0.05, 0.1) is 5.41 Å². The summed E-state index contributed by atoms with van der Waals surface area (Å²) in [6.07, 6.45) is 26.7. The molecule has 0 fully saturated rings. The second-order valence-electron chi connectivity index (χ2n) is 15.3. The number of rotatable bonds is 8. The van der Waals surface area contributed by atoms with Crippen molar-refractivity contribution in [2.45, 2.75) is 97.3 Å². The first-order chi connectivity index (χ1) is 25.1. The minimum Gasteiger partial charge on any atom is -0.344 e. The zero-order chi connectivity index (χ0) is 37.5. The summed E-state index contributed by atoms with van der Waals surface area (Å²) in [5.41, 5.74) is 11.2. The van der Waals surface area contributed by atoms with Gasteiger partial charge in [0.15, 0.2) is 5.71 Å². The molecule has 0 amide bonds. The van der Waals surface area contributed by atoms with E-state index in [0.717, 1.165) is 19.4 Å². The van der Waals surface area contributed by atoms with E-state index in [1.165, 1.54) is 105 Å². The highest BCUT2D eigenvalue weighted by atomic mass is 35.5. The maximum atomic E-state index is 4.64. The lowest BCUT2D eigenvalue weighted by atomic mass is 9.79. The molecule has 0 saturated carbocycles. The summed E-state index contributed by atoms with van der Waals surface area (Å²) >= 11 is 4.64. The number of unbranched alkanes of at least 4 members (excludes halogenated alkanes) is 3. The van der Waals surface area contributed by atoms with E-state index in [1.54, 1.807) is 6.92 Å². The fourth-order valence-electron chi connectivity index (χ4n) is 8.68. The van der Waals surface area contributed by atoms with Gasteiger partial charge in [-0.3, -0.25) is 0 Å². The van der Waals surface area contributed by atoms with Gasteiger partial charge in [0, 0.05) is 47.4 Å². The molecule has 1 aliphatic carbocycles. The molecule has 4 aromatic carbocycles. The van der Waals surface area contributed by atoms with Crippen LogP contribution in [0.3, 0.4) is 0 Å². The number of alkyl halides is 1. The Kier molecular flexibility index (Phi) is 12.7. The van der Waals surface area contributed by atoms with Crippen molar-refractivity contribution >= 4 is 50.2 Å². The Morgan fingerprint density at radius 2 is 1.42 bits per heavy atom. The monoisotopic (exact) mass is 709 g/mol. The van der Waals surface area contributed by atoms with Crippen LogP contribution in [-0.2, 0) is 10.8 Å². The minimum absolute atomic E-state index is 0.0619. The maximum absolute atomic E-state index is 4.64. The smallest absolute Gasteiger partial charge is 0.210 e. The van der Waals surface area contributed by atoms with E-state index in [0.29, 0.717) is 0 Å². The van der Waals surface area contributed by atoms with E-state index in [-0.39, 0.29) is 10.8 Å². The van der Waals surface area contributed by atoms with E-state index in [4.69, 9.17) is 0 Å². The molecule has 4 aromatic rings. The molecule has 3 heteroatoms. The van der Waals surface area contributed by atoms with Crippen molar-refractivity contribution in [1.29, 1.82) is 0 Å². The van der Waals surface area contributed by atoms with Crippen LogP contribution in [0.15, 0.2) is 120 Å². The molecule has 2 heterocycles. The van der Waals surface area contributed by atoms with Gasteiger partial charge >= 0.3 is 0 Å². The molecule has 0 spiro atoms. The number of nitrogens with zero attached hydrogens (tertiary/aromatic N) is 2. The highest BCUT2D eigenvalue weighted by Crippen LogP contribution is 2.51. The molecule has 270 valence electrons. The number of fused-ring (bicyclic) bond motifs is 6. The summed E-state index contributed by atoms with van der Waals surface area (Å²) in [5.74, 6) is 2.25. The predicted molar refractivity (Wildman–Crippen MR) is 230 cm³/mol. The molecule has 0 N–H and O–H groups in total. The van der Waals surface area contributed by atoms with Gasteiger partial charge in [0.25, 0.3) is 0 Å². The minimum atomic E-state index is -0.0619. The number of hydrogen-bond acceptors (Lipinski definition) is 1. The van der Waals surface area contributed by atoms with Crippen LogP contribution < -0.4 is 4.90 Å². The summed E-state index contributed by atoms with van der Waals surface area (Å²) in [6, 6.07) is 27.0. The van der Waals surface area contributed by atoms with Crippen LogP contribution in [0.25, 0.3) is 21.5 Å². The van der Waals surface area contributed by atoms with Crippen LogP contribution in [0.2, 0.25) is 0 Å². The zero-order valence-electron chi connectivity index (χ0n) is 32.8. The number of hydrogen-bond donors (Lipinski definition) is 0. The molecule has 0 aromatic heterocycles. The Morgan fingerprint density at radius 1 is 0.788 bits per heavy atom. The van der Waals surface area contributed by atoms with Gasteiger partial charge in [-0.2, -0.15) is 4.58 Å². The van der Waals surface area contributed by atoms with Crippen molar-refractivity contribution in [3.63, 3.8) is 0 Å². The quantitative estimate of drug-likeness (QED) is 0.0764. The van der Waals surface area contributed by atoms with Crippen LogP contribution >= 0.6 is 11.6 Å². The Hall–Kier alpha value is -4.32. The van der Waals surface area contributed by atoms with Crippen LogP contribution in [0.5, 0.6) is 0 Å². The molecule has 0 unspecified atom stereocenters. The summed E-state index contributed by atoms with van der Waals surface area (Å²) in [5, 5.41) is 5.41. The fourth-order valence-corrected chi connectivity index (χ4v) is 8.68. The summed E-state index contributed by atoms with van der Waals surface area (Å²) in [7, 11) is 2.23. The van der Waals surface area contributed by atoms with Crippen molar-refractivity contribution in [3.8, 4) is 12.3 Å². The topological polar surface area (TPSA) is 6.25 Å². The molecule has 0 radical (unpaired) electrons. The van der Waals surface area contributed by atoms with Crippen LogP contribution in [0.1, 0.15) is 97.6 Å². The van der Waals surface area contributed by atoms with Gasteiger partial charge in [-0.05, 0) is 103 Å². The van der Waals surface area contributed by atoms with E-state index >= 15 is 0 Å². The van der Waals surface area contributed by atoms with Crippen molar-refractivity contribution in [2.24, 2.45) is 0 Å². The number of benzene rings is 4. The second-order valence-corrected chi connectivity index (χ2v) is 15.3. The standard InChI is InChI=1S/C45H51N2.C3H4.CH3Cl/c1-7-8-9-14-30-47-39-27-25-35-19-11-13-21-37(35)43(39)45(4,5)41(47)29-23-33-17-15-16-32(31-33)22-28-40-44(2,3)42-36-20-12-10-18-34(36)24-26-38(42)46(40)6;1-3-2;1-2/h10-13,18-29,31H,7-9,14-17,30H2,1-6H3;1H,2H3;1H3/q+1;;. The number of allylic oxidation sites excluding steroid dienone is 8. The third kappa shape index (κ3) is 7.58. The first-order valence-corrected chi connectivity index (χ1v) is 19.9. The van der Waals surface area contributed by atoms with Crippen molar-refractivity contribution in [1.82, 2.24) is 0 Å². The van der Waals surface area contributed by atoms with Crippen molar-refractivity contribution in [3.05, 3.63) is 131 Å². The van der Waals surface area contributed by atoms with Gasteiger partial charge in [-0.1, -0.05) is 113 Å². The average molecular weight is 710 g/mol. The lowest BCUT2D eigenvalue weighted by Gasteiger charge is -2.27. The van der Waals surface area contributed by atoms with Crippen molar-refractivity contribution in [2.75, 3.05) is 24.9 Å². The van der Waals surface area contributed by atoms with E-state index in [9.17, 15) is 0 Å². The molecule has 0 atom stereocenters. The Labute approximate surface area is 319 Å². The SMILES string of the molecule is C#CC.CCCCCCN1/C(=C/C=C2C=C(/C=C/C3=[N+](C)c4ccc5ccccc5c4C3(C)C)CCC/2)C(C)(C)c2c1ccc1ccccc21.CCl. The first kappa shape index (κ1) is 38.9. The molecular weight excluding hydrogens is 652 g/mol. The molecule has 52 heavy (non-hydrogen) atoms. The van der Waals surface area contributed by atoms with Crippen molar-refractivity contribution < 1.29 is 4.58 Å². The Morgan fingerprint density at radius 3 is 2.10 bits per heavy atom. The third-order valence-electron chi connectivity index (χ3n) is 11.1. The van der Waals surface area contributed by atoms with Crippen LogP contribution in [-0.4, -0.2) is 30.3 Å². The lowest BCUT2D eigenvalue weighted by Crippen LogP contribution is -2.27. The largest absolute Gasteiger partial charge is 0.344 e. The van der Waals surface area contributed by atoms with E-state index < -0.39 is 0 Å². The summed E-state index contributed by atoms with van der Waals surface area (Å²) in [6.45, 7) is 14.6. The Bertz CT molecular complexity index is 2110. The van der Waals surface area contributed by atoms with Gasteiger partial charge in [0.2, 0.25) is 5.69 Å². The fraction of sp³-hybridized carbons (Fsp3) is 0.367. The highest BCUT2D eigenvalue weighted by molar-refractivity contribution is 6.15. The lowest BCUT2D eigenvalue weighted by molar-refractivity contribution is -0.401. The molecule has 2 nitrogen and oxygen atoms in total. The summed E-state index contributed by atoms with van der Waals surface area (Å²) < 4.78 is 2.40. The third-order valence-corrected chi connectivity index (χ3v) is 11.1. The predicted octanol–water partition coefficient (Wildman–Crippen LogP) is 13.3. The molecule has 0 saturated heterocycles. The van der Waals surface area contributed by atoms with Crippen LogP contribution in [0.4, 0.5) is 11.4 Å². The number of anilines is 1. The van der Waals surface area contributed by atoms with E-state index in [1.807, 2.05) is 0 Å². The molecular formula is C49H58ClN2+. The molecule has 7 rings (SSSR count). The van der Waals surface area contributed by atoms with Gasteiger partial charge in [0.1, 0.15) is 7.05 Å². The first-order valence-electron chi connectivity index (χ1n) is 19.1. The van der Waals surface area contributed by atoms with Crippen LogP contribution in [0, 0.1) is 12.3 Å². The summed E-state index contributed by atoms with van der Waals surface area (Å²) in [4.78, 5) is 2.64. The van der Waals surface area contributed by atoms with Gasteiger partial charge in [-0.25, -0.2) is 0 Å². The number of halogens is 1. The molecule has 2 aliphatic heterocycles. The van der Waals surface area contributed by atoms with Gasteiger partial charge in [-0.15, -0.1) is 23.9 Å². The molecule has 0 bridgehead atoms. The second kappa shape index (κ2) is 17.0. The average Bonchev–Trinajstić information content (AvgIpc) is 3.50. The zero-order valence-corrected chi connectivity index (χ0v) is 33.6. The highest BCUT2D eigenvalue weighted by Gasteiger charge is 2.44. The number of terminal acetylenes is 1. The molecule has 3 aliphatic rings. The normalized spacial score (nSPS) is 18.5. The van der Waals surface area contributed by atoms with E-state index in [2.05, 4.69) is 178 Å². The maximum Gasteiger partial charge on any atom is 0.210 e. The Balaban J connectivity index is 0.000000995. The van der Waals surface area contributed by atoms with Gasteiger partial charge < -0.3 is 4.90 Å².